The summed E-state index contributed by atoms with van der Waals surface area (Å²) in [6, 6.07) is 2.33. The van der Waals surface area contributed by atoms with Crippen LogP contribution in [0.2, 0.25) is 0 Å². The van der Waals surface area contributed by atoms with Crippen LogP contribution in [-0.2, 0) is 4.74 Å². The van der Waals surface area contributed by atoms with Crippen LogP contribution in [0.25, 0.3) is 0 Å². The van der Waals surface area contributed by atoms with E-state index in [4.69, 9.17) is 17.0 Å². The van der Waals surface area contributed by atoms with Crippen LogP contribution in [0.3, 0.4) is 0 Å². The molecule has 0 unspecified atom stereocenters. The van der Waals surface area contributed by atoms with Crippen LogP contribution in [0.5, 0.6) is 0 Å². The van der Waals surface area contributed by atoms with Gasteiger partial charge in [-0.15, -0.1) is 0 Å². The fourth-order valence-electron chi connectivity index (χ4n) is 3.87. The third-order valence-electron chi connectivity index (χ3n) is 5.73. The van der Waals surface area contributed by atoms with E-state index >= 15 is 0 Å². The molecule has 1 aliphatic carbocycles. The Morgan fingerprint density at radius 2 is 1.83 bits per heavy atom. The van der Waals surface area contributed by atoms with Crippen molar-refractivity contribution in [3.05, 3.63) is 23.8 Å². The number of alkyl halides is 1. The van der Waals surface area contributed by atoms with Gasteiger partial charge in [0, 0.05) is 50.8 Å². The van der Waals surface area contributed by atoms with Crippen molar-refractivity contribution < 1.29 is 22.7 Å². The van der Waals surface area contributed by atoms with Crippen LogP contribution in [0.1, 0.15) is 12.8 Å². The Morgan fingerprint density at radius 3 is 2.43 bits per heavy atom. The van der Waals surface area contributed by atoms with Gasteiger partial charge in [-0.05, 0) is 12.8 Å². The molecule has 2 heterocycles. The molecule has 0 radical (unpaired) electrons. The monoisotopic (exact) mass is 442 g/mol. The minimum absolute atomic E-state index is 0.112. The van der Waals surface area contributed by atoms with Crippen LogP contribution < -0.4 is 15.1 Å². The van der Waals surface area contributed by atoms with Gasteiger partial charge in [0.1, 0.15) is 18.5 Å². The Balaban J connectivity index is 1.40. The van der Waals surface area contributed by atoms with E-state index in [1.54, 1.807) is 4.90 Å². The number of hydrogen-bond acceptors (Lipinski definition) is 5. The number of ether oxygens (including phenoxy) is 1. The lowest BCUT2D eigenvalue weighted by atomic mass is 10.2. The van der Waals surface area contributed by atoms with Gasteiger partial charge in [0.2, 0.25) is 0 Å². The van der Waals surface area contributed by atoms with E-state index < -0.39 is 30.5 Å². The second-order valence-electron chi connectivity index (χ2n) is 7.91. The number of anilines is 2. The molecule has 30 heavy (non-hydrogen) atoms. The maximum atomic E-state index is 14.8. The number of thiocarbonyl (C=S) groups is 1. The van der Waals surface area contributed by atoms with Crippen LogP contribution in [-0.4, -0.2) is 74.6 Å². The molecular formula is C20H25F3N4O2S. The number of carbonyl (C=O) groups excluding carboxylic acids is 1. The highest BCUT2D eigenvalue weighted by atomic mass is 32.1. The average molecular weight is 443 g/mol. The number of rotatable bonds is 7. The lowest BCUT2D eigenvalue weighted by Gasteiger charge is -2.36. The molecule has 2 aliphatic heterocycles. The standard InChI is InChI=1S/C20H25F3N4O2S/c21-3-4-25-5-7-26(8-6-25)18-16(22)9-14(10-17(18)23)27-12-15(29-20(27)28)11-24-19(30)13-1-2-13/h9-10,13,15H,1-8,11-12H2,(H,24,30)/t15-/m0/s1. The fraction of sp³-hybridized carbons (Fsp3) is 0.600. The number of nitrogens with one attached hydrogen (secondary N) is 1. The summed E-state index contributed by atoms with van der Waals surface area (Å²) < 4.78 is 47.4. The molecule has 3 aliphatic rings. The zero-order valence-corrected chi connectivity index (χ0v) is 17.4. The molecule has 6 nitrogen and oxygen atoms in total. The number of halogens is 3. The summed E-state index contributed by atoms with van der Waals surface area (Å²) in [7, 11) is 0. The second-order valence-corrected chi connectivity index (χ2v) is 8.35. The molecule has 1 atom stereocenters. The Labute approximate surface area is 178 Å². The first kappa shape index (κ1) is 21.2. The first-order chi connectivity index (χ1) is 14.5. The zero-order valence-electron chi connectivity index (χ0n) is 16.6. The van der Waals surface area contributed by atoms with Gasteiger partial charge >= 0.3 is 6.09 Å². The summed E-state index contributed by atoms with van der Waals surface area (Å²) in [6.45, 7) is 2.37. The maximum absolute atomic E-state index is 14.8. The average Bonchev–Trinajstić information content (AvgIpc) is 3.50. The Bertz CT molecular complexity index is 792. The quantitative estimate of drug-likeness (QED) is 0.656. The highest BCUT2D eigenvalue weighted by Crippen LogP contribution is 2.32. The number of carbonyl (C=O) groups is 1. The van der Waals surface area contributed by atoms with Gasteiger partial charge in [-0.1, -0.05) is 12.2 Å². The molecule has 1 aromatic rings. The predicted molar refractivity (Wildman–Crippen MR) is 112 cm³/mol. The summed E-state index contributed by atoms with van der Waals surface area (Å²) in [5, 5.41) is 3.11. The maximum Gasteiger partial charge on any atom is 0.414 e. The van der Waals surface area contributed by atoms with Crippen molar-refractivity contribution >= 4 is 34.7 Å². The van der Waals surface area contributed by atoms with Crippen molar-refractivity contribution in [2.75, 3.05) is 62.3 Å². The van der Waals surface area contributed by atoms with Crippen molar-refractivity contribution in [2.24, 2.45) is 5.92 Å². The van der Waals surface area contributed by atoms with Gasteiger partial charge < -0.3 is 15.0 Å². The van der Waals surface area contributed by atoms with Crippen molar-refractivity contribution in [1.29, 1.82) is 0 Å². The first-order valence-corrected chi connectivity index (χ1v) is 10.6. The van der Waals surface area contributed by atoms with Crippen LogP contribution in [0, 0.1) is 17.6 Å². The Kier molecular flexibility index (Phi) is 6.33. The number of cyclic esters (lactones) is 1. The second kappa shape index (κ2) is 8.97. The smallest absolute Gasteiger partial charge is 0.414 e. The normalized spacial score (nSPS) is 22.4. The summed E-state index contributed by atoms with van der Waals surface area (Å²) in [4.78, 5) is 17.8. The van der Waals surface area contributed by atoms with E-state index in [9.17, 15) is 18.0 Å². The topological polar surface area (TPSA) is 48.1 Å². The Morgan fingerprint density at radius 1 is 1.17 bits per heavy atom. The minimum atomic E-state index is -0.728. The molecular weight excluding hydrogens is 417 g/mol. The van der Waals surface area contributed by atoms with E-state index in [1.165, 1.54) is 4.90 Å². The predicted octanol–water partition coefficient (Wildman–Crippen LogP) is 2.71. The van der Waals surface area contributed by atoms with Gasteiger partial charge in [0.05, 0.1) is 23.8 Å². The van der Waals surface area contributed by atoms with Crippen molar-refractivity contribution in [2.45, 2.75) is 18.9 Å². The highest BCUT2D eigenvalue weighted by Gasteiger charge is 2.35. The third kappa shape index (κ3) is 4.64. The van der Waals surface area contributed by atoms with Gasteiger partial charge in [-0.3, -0.25) is 9.80 Å². The van der Waals surface area contributed by atoms with Gasteiger partial charge in [0.15, 0.2) is 11.6 Å². The summed E-state index contributed by atoms with van der Waals surface area (Å²) in [6.07, 6.45) is 1.09. The van der Waals surface area contributed by atoms with Crippen molar-refractivity contribution in [3.8, 4) is 0 Å². The van der Waals surface area contributed by atoms with Crippen molar-refractivity contribution in [3.63, 3.8) is 0 Å². The molecule has 4 rings (SSSR count). The summed E-state index contributed by atoms with van der Waals surface area (Å²) >= 11 is 5.27. The number of hydrogen-bond donors (Lipinski definition) is 1. The highest BCUT2D eigenvalue weighted by molar-refractivity contribution is 7.80. The fourth-order valence-corrected chi connectivity index (χ4v) is 4.19. The number of nitrogens with zero attached hydrogens (tertiary/aromatic N) is 3. The van der Waals surface area contributed by atoms with E-state index in [2.05, 4.69) is 5.32 Å². The zero-order chi connectivity index (χ0) is 21.3. The van der Waals surface area contributed by atoms with Gasteiger partial charge in [-0.25, -0.2) is 18.0 Å². The molecule has 0 bridgehead atoms. The van der Waals surface area contributed by atoms with Crippen LogP contribution in [0.15, 0.2) is 12.1 Å². The first-order valence-electron chi connectivity index (χ1n) is 10.2. The molecule has 0 spiro atoms. The van der Waals surface area contributed by atoms with Gasteiger partial charge in [0.25, 0.3) is 0 Å². The van der Waals surface area contributed by atoms with Crippen LogP contribution in [0.4, 0.5) is 29.3 Å². The van der Waals surface area contributed by atoms with Crippen LogP contribution >= 0.6 is 12.2 Å². The van der Waals surface area contributed by atoms with E-state index in [0.29, 0.717) is 45.2 Å². The largest absolute Gasteiger partial charge is 0.442 e. The molecule has 3 fully saturated rings. The van der Waals surface area contributed by atoms with E-state index in [0.717, 1.165) is 30.0 Å². The third-order valence-corrected chi connectivity index (χ3v) is 6.21. The van der Waals surface area contributed by atoms with Crippen molar-refractivity contribution in [1.82, 2.24) is 10.2 Å². The number of amides is 1. The molecule has 1 aromatic carbocycles. The number of benzene rings is 1. The molecule has 0 aromatic heterocycles. The molecule has 1 amide bonds. The lowest BCUT2D eigenvalue weighted by Crippen LogP contribution is -2.47. The summed E-state index contributed by atoms with van der Waals surface area (Å²) in [5.74, 6) is -1.04. The molecule has 10 heteroatoms. The minimum Gasteiger partial charge on any atom is -0.442 e. The van der Waals surface area contributed by atoms with E-state index in [1.807, 2.05) is 4.90 Å². The molecule has 2 saturated heterocycles. The molecule has 1 saturated carbocycles. The molecule has 1 N–H and O–H groups in total. The lowest BCUT2D eigenvalue weighted by molar-refractivity contribution is 0.143. The summed E-state index contributed by atoms with van der Waals surface area (Å²) in [5.41, 5.74) is 0.0151. The number of piperazine rings is 1. The van der Waals surface area contributed by atoms with Gasteiger partial charge in [-0.2, -0.15) is 0 Å². The molecule has 164 valence electrons. The Hall–Kier alpha value is -2.07. The SMILES string of the molecule is O=C1O[C@@H](CNC(=S)C2CC2)CN1c1cc(F)c(N2CCN(CCF)CC2)c(F)c1. The van der Waals surface area contributed by atoms with E-state index in [-0.39, 0.29) is 17.9 Å².